The van der Waals surface area contributed by atoms with Crippen LogP contribution in [-0.4, -0.2) is 11.3 Å². The van der Waals surface area contributed by atoms with Crippen molar-refractivity contribution >= 4 is 18.8 Å². The maximum absolute atomic E-state index is 2.45. The van der Waals surface area contributed by atoms with Crippen molar-refractivity contribution < 1.29 is 0 Å². The van der Waals surface area contributed by atoms with Gasteiger partial charge in [0.05, 0.1) is 0 Å². The summed E-state index contributed by atoms with van der Waals surface area (Å²) in [5.41, 5.74) is 10.5. The lowest BCUT2D eigenvalue weighted by atomic mass is 9.93. The average molecular weight is 469 g/mol. The Bertz CT molecular complexity index is 1020. The third-order valence-corrected chi connectivity index (χ3v) is 11.8. The van der Waals surface area contributed by atoms with Gasteiger partial charge in [0.2, 0.25) is 0 Å². The lowest BCUT2D eigenvalue weighted by Crippen LogP contribution is -2.21. The largest absolute Gasteiger partial charge is 0.0801 e. The first-order chi connectivity index (χ1) is 16.7. The topological polar surface area (TPSA) is 0 Å². The molecule has 3 aliphatic carbocycles. The molecule has 2 fully saturated rings. The van der Waals surface area contributed by atoms with Crippen LogP contribution in [0.4, 0.5) is 0 Å². The summed E-state index contributed by atoms with van der Waals surface area (Å²) >= 11 is 0. The van der Waals surface area contributed by atoms with E-state index in [0.29, 0.717) is 0 Å². The van der Waals surface area contributed by atoms with Crippen molar-refractivity contribution in [1.29, 1.82) is 0 Å². The first-order valence-electron chi connectivity index (χ1n) is 13.7. The molecule has 0 nitrogen and oxygen atoms in total. The predicted octanol–water partition coefficient (Wildman–Crippen LogP) is 10.2. The first kappa shape index (κ1) is 23.8. The Morgan fingerprint density at radius 2 is 1.15 bits per heavy atom. The number of benzene rings is 2. The molecule has 3 aliphatic rings. The Morgan fingerprint density at radius 3 is 1.62 bits per heavy atom. The summed E-state index contributed by atoms with van der Waals surface area (Å²) in [4.78, 5) is 0. The Balaban J connectivity index is 1.75. The number of aryl methyl sites for hydroxylation is 2. The Kier molecular flexibility index (Phi) is 7.86. The minimum Gasteiger partial charge on any atom is -0.0801 e. The fourth-order valence-corrected chi connectivity index (χ4v) is 10.5. The zero-order valence-corrected chi connectivity index (χ0v) is 22.1. The number of allylic oxidation sites excluding steroid dienone is 5. The standard InChI is InChI=1S/C33H41P/c1-25-17-21-28(22-18-25)32(27-11-9-10-12-27)33(29-23-19-26(2)20-24-29)34(30-13-5-3-6-14-30)31-15-7-4-8-16-31/h9-11,17-24,30-31H,3-8,12-16H2,1-2H3. The van der Waals surface area contributed by atoms with Gasteiger partial charge >= 0.3 is 0 Å². The molecule has 2 saturated carbocycles. The molecule has 1 heteroatoms. The van der Waals surface area contributed by atoms with Gasteiger partial charge in [0, 0.05) is 0 Å². The Labute approximate surface area is 209 Å². The van der Waals surface area contributed by atoms with Crippen LogP contribution in [0.15, 0.2) is 72.3 Å². The van der Waals surface area contributed by atoms with Crippen molar-refractivity contribution in [2.75, 3.05) is 0 Å². The molecule has 0 atom stereocenters. The molecular weight excluding hydrogens is 427 g/mol. The third kappa shape index (κ3) is 5.33. The van der Waals surface area contributed by atoms with Crippen molar-refractivity contribution in [2.24, 2.45) is 0 Å². The lowest BCUT2D eigenvalue weighted by molar-refractivity contribution is 0.487. The molecule has 0 unspecified atom stereocenters. The second-order valence-corrected chi connectivity index (χ2v) is 13.5. The van der Waals surface area contributed by atoms with Crippen molar-refractivity contribution in [1.82, 2.24) is 0 Å². The normalized spacial score (nSPS) is 20.5. The summed E-state index contributed by atoms with van der Waals surface area (Å²) in [6, 6.07) is 19.0. The fourth-order valence-electron chi connectivity index (χ4n) is 6.34. The van der Waals surface area contributed by atoms with Gasteiger partial charge < -0.3 is 0 Å². The SMILES string of the molecule is Cc1ccc(C(C2=CC=CC2)=C(c2ccc(C)cc2)P(C2CCCCC2)C2CCCCC2)cc1. The Morgan fingerprint density at radius 1 is 0.647 bits per heavy atom. The van der Waals surface area contributed by atoms with Crippen molar-refractivity contribution in [3.05, 3.63) is 94.6 Å². The van der Waals surface area contributed by atoms with Crippen molar-refractivity contribution in [3.63, 3.8) is 0 Å². The second kappa shape index (κ2) is 11.2. The third-order valence-electron chi connectivity index (χ3n) is 8.19. The summed E-state index contributed by atoms with van der Waals surface area (Å²) in [7, 11) is -0.222. The highest BCUT2D eigenvalue weighted by Crippen LogP contribution is 2.66. The fraction of sp³-hybridized carbons (Fsp3) is 0.455. The molecule has 0 radical (unpaired) electrons. The molecule has 2 aromatic carbocycles. The number of hydrogen-bond donors (Lipinski definition) is 0. The molecule has 0 aliphatic heterocycles. The number of rotatable bonds is 6. The van der Waals surface area contributed by atoms with Crippen molar-refractivity contribution in [3.8, 4) is 0 Å². The van der Waals surface area contributed by atoms with Gasteiger partial charge in [-0.15, -0.1) is 0 Å². The van der Waals surface area contributed by atoms with Gasteiger partial charge in [0.15, 0.2) is 0 Å². The van der Waals surface area contributed by atoms with E-state index in [1.807, 2.05) is 0 Å². The van der Waals surface area contributed by atoms with E-state index in [-0.39, 0.29) is 7.92 Å². The van der Waals surface area contributed by atoms with Crippen LogP contribution in [0.5, 0.6) is 0 Å². The van der Waals surface area contributed by atoms with Gasteiger partial charge in [-0.3, -0.25) is 0 Å². The molecule has 0 heterocycles. The van der Waals surface area contributed by atoms with Crippen LogP contribution in [0.1, 0.15) is 92.9 Å². The molecule has 0 spiro atoms. The van der Waals surface area contributed by atoms with Crippen LogP contribution < -0.4 is 0 Å². The van der Waals surface area contributed by atoms with Crippen LogP contribution in [-0.2, 0) is 0 Å². The molecule has 0 bridgehead atoms. The van der Waals surface area contributed by atoms with Crippen LogP contribution in [0.3, 0.4) is 0 Å². The van der Waals surface area contributed by atoms with Gasteiger partial charge in [-0.2, -0.15) is 0 Å². The van der Waals surface area contributed by atoms with E-state index in [2.05, 4.69) is 80.6 Å². The molecule has 178 valence electrons. The van der Waals surface area contributed by atoms with Crippen LogP contribution in [0, 0.1) is 13.8 Å². The number of hydrogen-bond acceptors (Lipinski definition) is 0. The smallest absolute Gasteiger partial charge is 0.00655 e. The molecule has 34 heavy (non-hydrogen) atoms. The summed E-state index contributed by atoms with van der Waals surface area (Å²) in [5, 5.41) is 1.73. The van der Waals surface area contributed by atoms with E-state index in [0.717, 1.165) is 17.7 Å². The molecule has 5 rings (SSSR count). The molecule has 2 aromatic rings. The summed E-state index contributed by atoms with van der Waals surface area (Å²) in [6.07, 6.45) is 22.5. The van der Waals surface area contributed by atoms with Crippen molar-refractivity contribution in [2.45, 2.75) is 95.8 Å². The van der Waals surface area contributed by atoms with Crippen LogP contribution >= 0.6 is 7.92 Å². The Hall–Kier alpha value is -1.91. The van der Waals surface area contributed by atoms with E-state index in [4.69, 9.17) is 0 Å². The van der Waals surface area contributed by atoms with Gasteiger partial charge in [-0.1, -0.05) is 124 Å². The maximum atomic E-state index is 2.45. The molecule has 0 amide bonds. The quantitative estimate of drug-likeness (QED) is 0.292. The van der Waals surface area contributed by atoms with E-state index >= 15 is 0 Å². The van der Waals surface area contributed by atoms with E-state index in [9.17, 15) is 0 Å². The second-order valence-electron chi connectivity index (χ2n) is 10.8. The zero-order chi connectivity index (χ0) is 23.3. The molecular formula is C33H41P. The van der Waals surface area contributed by atoms with Gasteiger partial charge in [0.1, 0.15) is 0 Å². The summed E-state index contributed by atoms with van der Waals surface area (Å²) < 4.78 is 0. The minimum atomic E-state index is -0.222. The summed E-state index contributed by atoms with van der Waals surface area (Å²) in [5.74, 6) is 0. The maximum Gasteiger partial charge on any atom is -0.00655 e. The minimum absolute atomic E-state index is 0.222. The highest BCUT2D eigenvalue weighted by molar-refractivity contribution is 7.70. The highest BCUT2D eigenvalue weighted by atomic mass is 31.1. The van der Waals surface area contributed by atoms with E-state index < -0.39 is 0 Å². The molecule has 0 N–H and O–H groups in total. The van der Waals surface area contributed by atoms with Gasteiger partial charge in [-0.25, -0.2) is 0 Å². The van der Waals surface area contributed by atoms with Gasteiger partial charge in [-0.05, 0) is 84.9 Å². The van der Waals surface area contributed by atoms with E-state index in [1.54, 1.807) is 10.9 Å². The van der Waals surface area contributed by atoms with E-state index in [1.165, 1.54) is 92.0 Å². The monoisotopic (exact) mass is 468 g/mol. The zero-order valence-electron chi connectivity index (χ0n) is 21.2. The summed E-state index contributed by atoms with van der Waals surface area (Å²) in [6.45, 7) is 4.43. The van der Waals surface area contributed by atoms with Gasteiger partial charge in [0.25, 0.3) is 0 Å². The van der Waals surface area contributed by atoms with Crippen LogP contribution in [0.2, 0.25) is 0 Å². The molecule has 0 aromatic heterocycles. The molecule has 0 saturated heterocycles. The van der Waals surface area contributed by atoms with Crippen LogP contribution in [0.25, 0.3) is 10.9 Å². The lowest BCUT2D eigenvalue weighted by Gasteiger charge is -2.41. The predicted molar refractivity (Wildman–Crippen MR) is 152 cm³/mol. The average Bonchev–Trinajstić information content (AvgIpc) is 3.41. The highest BCUT2D eigenvalue weighted by Gasteiger charge is 2.36. The first-order valence-corrected chi connectivity index (χ1v) is 15.2.